The van der Waals surface area contributed by atoms with Crippen LogP contribution in [0.5, 0.6) is 0 Å². The summed E-state index contributed by atoms with van der Waals surface area (Å²) in [4.78, 5) is 33.3. The van der Waals surface area contributed by atoms with Crippen molar-refractivity contribution < 1.29 is 14.1 Å². The second kappa shape index (κ2) is 11.3. The summed E-state index contributed by atoms with van der Waals surface area (Å²) in [5, 5.41) is 6.95. The minimum absolute atomic E-state index is 0.0212. The number of nitrogens with one attached hydrogen (secondary N) is 1. The first-order valence-electron chi connectivity index (χ1n) is 12.2. The van der Waals surface area contributed by atoms with Gasteiger partial charge in [0.2, 0.25) is 17.6 Å². The van der Waals surface area contributed by atoms with Gasteiger partial charge in [-0.25, -0.2) is 0 Å². The SMILES string of the molecule is CC(=O)N[C@H](CC(C)C)C(=O)N1CCN(Cc2ccc(-c3noc(-c4ccccc4)n3)cc2)CC1. The lowest BCUT2D eigenvalue weighted by Gasteiger charge is -2.36. The maximum Gasteiger partial charge on any atom is 0.258 e. The van der Waals surface area contributed by atoms with Crippen LogP contribution in [0, 0.1) is 5.92 Å². The van der Waals surface area contributed by atoms with Gasteiger partial charge in [-0.05, 0) is 30.0 Å². The van der Waals surface area contributed by atoms with Gasteiger partial charge in [0.15, 0.2) is 0 Å². The van der Waals surface area contributed by atoms with E-state index in [-0.39, 0.29) is 11.8 Å². The van der Waals surface area contributed by atoms with Crippen molar-refractivity contribution in [3.63, 3.8) is 0 Å². The summed E-state index contributed by atoms with van der Waals surface area (Å²) in [5.41, 5.74) is 2.99. The molecule has 0 radical (unpaired) electrons. The Morgan fingerprint density at radius 3 is 2.29 bits per heavy atom. The highest BCUT2D eigenvalue weighted by atomic mass is 16.5. The fourth-order valence-electron chi connectivity index (χ4n) is 4.34. The molecule has 1 aromatic heterocycles. The third kappa shape index (κ3) is 6.54. The van der Waals surface area contributed by atoms with Crippen LogP contribution in [0.4, 0.5) is 0 Å². The lowest BCUT2D eigenvalue weighted by atomic mass is 10.0. The summed E-state index contributed by atoms with van der Waals surface area (Å²) in [5.74, 6) is 1.26. The van der Waals surface area contributed by atoms with Gasteiger partial charge in [0, 0.05) is 50.8 Å². The van der Waals surface area contributed by atoms with Gasteiger partial charge in [-0.15, -0.1) is 0 Å². The van der Waals surface area contributed by atoms with E-state index in [0.29, 0.717) is 37.1 Å². The molecule has 0 aliphatic carbocycles. The molecule has 1 saturated heterocycles. The first-order chi connectivity index (χ1) is 16.9. The third-order valence-corrected chi connectivity index (χ3v) is 6.13. The molecular weight excluding hydrogens is 442 g/mol. The highest BCUT2D eigenvalue weighted by Gasteiger charge is 2.28. The molecule has 2 heterocycles. The Morgan fingerprint density at radius 2 is 1.66 bits per heavy atom. The fraction of sp³-hybridized carbons (Fsp3) is 0.407. The summed E-state index contributed by atoms with van der Waals surface area (Å²) in [6.07, 6.45) is 0.651. The van der Waals surface area contributed by atoms with Crippen molar-refractivity contribution in [2.75, 3.05) is 26.2 Å². The van der Waals surface area contributed by atoms with E-state index in [4.69, 9.17) is 4.52 Å². The average Bonchev–Trinajstić information content (AvgIpc) is 3.35. The molecule has 0 unspecified atom stereocenters. The topological polar surface area (TPSA) is 91.6 Å². The Bertz CT molecular complexity index is 1120. The van der Waals surface area contributed by atoms with Crippen molar-refractivity contribution in [1.29, 1.82) is 0 Å². The van der Waals surface area contributed by atoms with Gasteiger partial charge in [0.25, 0.3) is 5.89 Å². The standard InChI is InChI=1S/C27H33N5O3/c1-19(2)17-24(28-20(3)33)27(34)32-15-13-31(14-16-32)18-21-9-11-22(12-10-21)25-29-26(35-30-25)23-7-5-4-6-8-23/h4-12,19,24H,13-18H2,1-3H3,(H,28,33)/t24-/m1/s1. The van der Waals surface area contributed by atoms with E-state index >= 15 is 0 Å². The van der Waals surface area contributed by atoms with Crippen LogP contribution in [-0.4, -0.2) is 64.0 Å². The van der Waals surface area contributed by atoms with Gasteiger partial charge in [-0.1, -0.05) is 61.5 Å². The summed E-state index contributed by atoms with van der Waals surface area (Å²) < 4.78 is 5.42. The molecule has 8 nitrogen and oxygen atoms in total. The van der Waals surface area contributed by atoms with E-state index in [0.717, 1.165) is 30.8 Å². The largest absolute Gasteiger partial charge is 0.345 e. The number of nitrogens with zero attached hydrogens (tertiary/aromatic N) is 4. The molecule has 1 aliphatic heterocycles. The molecule has 3 aromatic rings. The summed E-state index contributed by atoms with van der Waals surface area (Å²) in [6, 6.07) is 17.5. The molecule has 8 heteroatoms. The van der Waals surface area contributed by atoms with E-state index < -0.39 is 6.04 Å². The number of hydrogen-bond acceptors (Lipinski definition) is 6. The van der Waals surface area contributed by atoms with Crippen LogP contribution in [0.1, 0.15) is 32.8 Å². The number of carbonyl (C=O) groups is 2. The zero-order chi connectivity index (χ0) is 24.8. The van der Waals surface area contributed by atoms with Crippen LogP contribution < -0.4 is 5.32 Å². The van der Waals surface area contributed by atoms with E-state index in [1.807, 2.05) is 47.4 Å². The Morgan fingerprint density at radius 1 is 0.971 bits per heavy atom. The summed E-state index contributed by atoms with van der Waals surface area (Å²) in [7, 11) is 0. The lowest BCUT2D eigenvalue weighted by Crippen LogP contribution is -2.54. The molecule has 35 heavy (non-hydrogen) atoms. The minimum atomic E-state index is -0.445. The van der Waals surface area contributed by atoms with Gasteiger partial charge >= 0.3 is 0 Å². The van der Waals surface area contributed by atoms with Crippen molar-refractivity contribution in [2.24, 2.45) is 5.92 Å². The first kappa shape index (κ1) is 24.6. The zero-order valence-corrected chi connectivity index (χ0v) is 20.6. The van der Waals surface area contributed by atoms with E-state index in [1.54, 1.807) is 0 Å². The smallest absolute Gasteiger partial charge is 0.258 e. The summed E-state index contributed by atoms with van der Waals surface area (Å²) in [6.45, 7) is 9.32. The number of aromatic nitrogens is 2. The molecule has 0 bridgehead atoms. The van der Waals surface area contributed by atoms with Gasteiger partial charge in [-0.3, -0.25) is 14.5 Å². The quantitative estimate of drug-likeness (QED) is 0.535. The Balaban J connectivity index is 1.31. The van der Waals surface area contributed by atoms with Gasteiger partial charge in [0.1, 0.15) is 6.04 Å². The van der Waals surface area contributed by atoms with E-state index in [9.17, 15) is 9.59 Å². The number of carbonyl (C=O) groups excluding carboxylic acids is 2. The average molecular weight is 476 g/mol. The second-order valence-electron chi connectivity index (χ2n) is 9.47. The molecule has 0 spiro atoms. The highest BCUT2D eigenvalue weighted by Crippen LogP contribution is 2.23. The molecule has 1 N–H and O–H groups in total. The van der Waals surface area contributed by atoms with Crippen LogP contribution >= 0.6 is 0 Å². The van der Waals surface area contributed by atoms with E-state index in [1.165, 1.54) is 12.5 Å². The van der Waals surface area contributed by atoms with Crippen molar-refractivity contribution >= 4 is 11.8 Å². The number of piperazine rings is 1. The van der Waals surface area contributed by atoms with Crippen LogP contribution in [0.2, 0.25) is 0 Å². The molecule has 1 aliphatic rings. The van der Waals surface area contributed by atoms with Gasteiger partial charge in [-0.2, -0.15) is 4.98 Å². The normalized spacial score (nSPS) is 15.3. The Labute approximate surface area is 206 Å². The van der Waals surface area contributed by atoms with Crippen molar-refractivity contribution in [1.82, 2.24) is 25.3 Å². The lowest BCUT2D eigenvalue weighted by molar-refractivity contribution is -0.138. The fourth-order valence-corrected chi connectivity index (χ4v) is 4.34. The van der Waals surface area contributed by atoms with Crippen LogP contribution in [0.3, 0.4) is 0 Å². The molecule has 2 aromatic carbocycles. The van der Waals surface area contributed by atoms with Crippen molar-refractivity contribution in [2.45, 2.75) is 39.8 Å². The maximum absolute atomic E-state index is 13.0. The van der Waals surface area contributed by atoms with E-state index in [2.05, 4.69) is 46.3 Å². The number of benzene rings is 2. The molecular formula is C27H33N5O3. The Hall–Kier alpha value is -3.52. The maximum atomic E-state index is 13.0. The van der Waals surface area contributed by atoms with Crippen molar-refractivity contribution in [3.8, 4) is 22.8 Å². The molecule has 4 rings (SSSR count). The predicted molar refractivity (Wildman–Crippen MR) is 134 cm³/mol. The van der Waals surface area contributed by atoms with Crippen LogP contribution in [0.25, 0.3) is 22.8 Å². The van der Waals surface area contributed by atoms with Crippen LogP contribution in [-0.2, 0) is 16.1 Å². The van der Waals surface area contributed by atoms with Gasteiger partial charge in [0.05, 0.1) is 0 Å². The molecule has 184 valence electrons. The summed E-state index contributed by atoms with van der Waals surface area (Å²) >= 11 is 0. The first-order valence-corrected chi connectivity index (χ1v) is 12.2. The predicted octanol–water partition coefficient (Wildman–Crippen LogP) is 3.60. The highest BCUT2D eigenvalue weighted by molar-refractivity contribution is 5.87. The number of hydrogen-bond donors (Lipinski definition) is 1. The van der Waals surface area contributed by atoms with Gasteiger partial charge < -0.3 is 14.7 Å². The molecule has 0 saturated carbocycles. The molecule has 2 amide bonds. The number of amides is 2. The second-order valence-corrected chi connectivity index (χ2v) is 9.47. The van der Waals surface area contributed by atoms with Crippen molar-refractivity contribution in [3.05, 3.63) is 60.2 Å². The van der Waals surface area contributed by atoms with Crippen LogP contribution in [0.15, 0.2) is 59.1 Å². The Kier molecular flexibility index (Phi) is 7.92. The number of rotatable bonds is 8. The zero-order valence-electron chi connectivity index (χ0n) is 20.6. The monoisotopic (exact) mass is 475 g/mol. The third-order valence-electron chi connectivity index (χ3n) is 6.13. The molecule has 1 atom stereocenters. The minimum Gasteiger partial charge on any atom is -0.345 e. The molecule has 1 fully saturated rings.